The summed E-state index contributed by atoms with van der Waals surface area (Å²) in [6.07, 6.45) is 3.07. The van der Waals surface area contributed by atoms with Gasteiger partial charge in [-0.25, -0.2) is 0 Å². The van der Waals surface area contributed by atoms with Gasteiger partial charge in [0.1, 0.15) is 0 Å². The predicted molar refractivity (Wildman–Crippen MR) is 82.4 cm³/mol. The van der Waals surface area contributed by atoms with Crippen molar-refractivity contribution in [2.75, 3.05) is 0 Å². The van der Waals surface area contributed by atoms with Gasteiger partial charge in [0.2, 0.25) is 0 Å². The SMILES string of the molecule is Cc1ccc(CCC(N)Cc2ccc(C)cc2)cc1. The molecule has 0 fully saturated rings. The summed E-state index contributed by atoms with van der Waals surface area (Å²) in [6.45, 7) is 4.23. The Hall–Kier alpha value is -1.60. The highest BCUT2D eigenvalue weighted by Crippen LogP contribution is 2.10. The lowest BCUT2D eigenvalue weighted by Gasteiger charge is -2.12. The van der Waals surface area contributed by atoms with E-state index in [1.165, 1.54) is 22.3 Å². The van der Waals surface area contributed by atoms with Crippen LogP contribution in [0.1, 0.15) is 28.7 Å². The van der Waals surface area contributed by atoms with Crippen LogP contribution in [0, 0.1) is 13.8 Å². The average molecular weight is 253 g/mol. The molecular formula is C18H23N. The lowest BCUT2D eigenvalue weighted by molar-refractivity contribution is 0.610. The Morgan fingerprint density at radius 2 is 1.26 bits per heavy atom. The molecule has 0 aliphatic heterocycles. The molecule has 2 N–H and O–H groups in total. The molecule has 0 saturated heterocycles. The molecule has 0 heterocycles. The molecule has 0 radical (unpaired) electrons. The number of benzene rings is 2. The van der Waals surface area contributed by atoms with Crippen molar-refractivity contribution in [2.45, 2.75) is 39.2 Å². The third-order valence-corrected chi connectivity index (χ3v) is 3.54. The van der Waals surface area contributed by atoms with Gasteiger partial charge < -0.3 is 5.73 Å². The van der Waals surface area contributed by atoms with Crippen molar-refractivity contribution in [1.29, 1.82) is 0 Å². The van der Waals surface area contributed by atoms with Crippen LogP contribution < -0.4 is 5.73 Å². The summed E-state index contributed by atoms with van der Waals surface area (Å²) in [4.78, 5) is 0. The van der Waals surface area contributed by atoms with Crippen LogP contribution in [0.2, 0.25) is 0 Å². The molecule has 1 nitrogen and oxygen atoms in total. The number of hydrogen-bond donors (Lipinski definition) is 1. The molecular weight excluding hydrogens is 230 g/mol. The summed E-state index contributed by atoms with van der Waals surface area (Å²) in [5, 5.41) is 0. The largest absolute Gasteiger partial charge is 0.327 e. The molecule has 2 aromatic rings. The Morgan fingerprint density at radius 1 is 0.789 bits per heavy atom. The first-order chi connectivity index (χ1) is 9.13. The number of hydrogen-bond acceptors (Lipinski definition) is 1. The minimum absolute atomic E-state index is 0.240. The summed E-state index contributed by atoms with van der Waals surface area (Å²) in [5.41, 5.74) is 11.6. The molecule has 0 bridgehead atoms. The minimum Gasteiger partial charge on any atom is -0.327 e. The molecule has 1 unspecified atom stereocenters. The average Bonchev–Trinajstić information content (AvgIpc) is 2.41. The highest BCUT2D eigenvalue weighted by Gasteiger charge is 2.04. The van der Waals surface area contributed by atoms with Gasteiger partial charge in [-0.1, -0.05) is 59.7 Å². The number of aryl methyl sites for hydroxylation is 3. The fourth-order valence-corrected chi connectivity index (χ4v) is 2.24. The summed E-state index contributed by atoms with van der Waals surface area (Å²) >= 11 is 0. The molecule has 2 rings (SSSR count). The minimum atomic E-state index is 0.240. The molecule has 1 atom stereocenters. The van der Waals surface area contributed by atoms with Crippen molar-refractivity contribution >= 4 is 0 Å². The first kappa shape index (κ1) is 13.8. The third-order valence-electron chi connectivity index (χ3n) is 3.54. The van der Waals surface area contributed by atoms with Crippen LogP contribution in [0.15, 0.2) is 48.5 Å². The van der Waals surface area contributed by atoms with Gasteiger partial charge in [0.15, 0.2) is 0 Å². The molecule has 19 heavy (non-hydrogen) atoms. The first-order valence-electron chi connectivity index (χ1n) is 7.00. The van der Waals surface area contributed by atoms with Gasteiger partial charge in [0, 0.05) is 6.04 Å². The van der Waals surface area contributed by atoms with E-state index in [0.29, 0.717) is 0 Å². The Labute approximate surface area is 116 Å². The van der Waals surface area contributed by atoms with Crippen molar-refractivity contribution in [1.82, 2.24) is 0 Å². The van der Waals surface area contributed by atoms with E-state index in [0.717, 1.165) is 19.3 Å². The van der Waals surface area contributed by atoms with Crippen LogP contribution in [0.5, 0.6) is 0 Å². The van der Waals surface area contributed by atoms with E-state index in [1.807, 2.05) is 0 Å². The zero-order chi connectivity index (χ0) is 13.7. The van der Waals surface area contributed by atoms with Crippen molar-refractivity contribution in [3.8, 4) is 0 Å². The van der Waals surface area contributed by atoms with Gasteiger partial charge in [-0.15, -0.1) is 0 Å². The van der Waals surface area contributed by atoms with Crippen molar-refractivity contribution in [3.05, 3.63) is 70.8 Å². The van der Waals surface area contributed by atoms with Gasteiger partial charge in [-0.3, -0.25) is 0 Å². The maximum absolute atomic E-state index is 6.22. The van der Waals surface area contributed by atoms with Gasteiger partial charge >= 0.3 is 0 Å². The van der Waals surface area contributed by atoms with Crippen molar-refractivity contribution in [2.24, 2.45) is 5.73 Å². The predicted octanol–water partition coefficient (Wildman–Crippen LogP) is 3.81. The standard InChI is InChI=1S/C18H23N/c1-14-3-7-16(8-4-14)11-12-18(19)13-17-9-5-15(2)6-10-17/h3-10,18H,11-13,19H2,1-2H3. The van der Waals surface area contributed by atoms with Gasteiger partial charge in [0.25, 0.3) is 0 Å². The highest BCUT2D eigenvalue weighted by molar-refractivity contribution is 5.23. The molecule has 0 aliphatic carbocycles. The topological polar surface area (TPSA) is 26.0 Å². The quantitative estimate of drug-likeness (QED) is 0.861. The second-order valence-corrected chi connectivity index (χ2v) is 5.47. The summed E-state index contributed by atoms with van der Waals surface area (Å²) in [5.74, 6) is 0. The molecule has 0 saturated carbocycles. The van der Waals surface area contributed by atoms with Crippen LogP contribution in [0.25, 0.3) is 0 Å². The highest BCUT2D eigenvalue weighted by atomic mass is 14.6. The lowest BCUT2D eigenvalue weighted by atomic mass is 9.99. The molecule has 2 aromatic carbocycles. The monoisotopic (exact) mass is 253 g/mol. The maximum atomic E-state index is 6.22. The fourth-order valence-electron chi connectivity index (χ4n) is 2.24. The van der Waals surface area contributed by atoms with Gasteiger partial charge in [-0.05, 0) is 44.2 Å². The zero-order valence-electron chi connectivity index (χ0n) is 11.9. The molecule has 0 amide bonds. The van der Waals surface area contributed by atoms with Crippen molar-refractivity contribution in [3.63, 3.8) is 0 Å². The molecule has 100 valence electrons. The third kappa shape index (κ3) is 4.53. The first-order valence-corrected chi connectivity index (χ1v) is 7.00. The smallest absolute Gasteiger partial charge is 0.00824 e. The number of rotatable bonds is 5. The summed E-state index contributed by atoms with van der Waals surface area (Å²) in [6, 6.07) is 17.7. The molecule has 0 aliphatic rings. The van der Waals surface area contributed by atoms with E-state index < -0.39 is 0 Å². The van der Waals surface area contributed by atoms with Crippen LogP contribution >= 0.6 is 0 Å². The molecule has 1 heteroatoms. The fraction of sp³-hybridized carbons (Fsp3) is 0.333. The van der Waals surface area contributed by atoms with Crippen molar-refractivity contribution < 1.29 is 0 Å². The zero-order valence-corrected chi connectivity index (χ0v) is 11.9. The van der Waals surface area contributed by atoms with Crippen LogP contribution in [-0.4, -0.2) is 6.04 Å². The van der Waals surface area contributed by atoms with Crippen LogP contribution in [0.4, 0.5) is 0 Å². The summed E-state index contributed by atoms with van der Waals surface area (Å²) in [7, 11) is 0. The molecule has 0 aromatic heterocycles. The van der Waals surface area contributed by atoms with Gasteiger partial charge in [0.05, 0.1) is 0 Å². The number of nitrogens with two attached hydrogens (primary N) is 1. The van der Waals surface area contributed by atoms with E-state index >= 15 is 0 Å². The second-order valence-electron chi connectivity index (χ2n) is 5.47. The summed E-state index contributed by atoms with van der Waals surface area (Å²) < 4.78 is 0. The molecule has 0 spiro atoms. The Morgan fingerprint density at radius 3 is 1.79 bits per heavy atom. The van der Waals surface area contributed by atoms with E-state index in [2.05, 4.69) is 62.4 Å². The normalized spacial score (nSPS) is 12.4. The van der Waals surface area contributed by atoms with E-state index in [-0.39, 0.29) is 6.04 Å². The Balaban J connectivity index is 1.82. The Bertz CT molecular complexity index is 496. The Kier molecular flexibility index (Phi) is 4.75. The lowest BCUT2D eigenvalue weighted by Crippen LogP contribution is -2.23. The van der Waals surface area contributed by atoms with Crippen LogP contribution in [-0.2, 0) is 12.8 Å². The maximum Gasteiger partial charge on any atom is 0.00824 e. The second kappa shape index (κ2) is 6.53. The van der Waals surface area contributed by atoms with Gasteiger partial charge in [-0.2, -0.15) is 0 Å². The van der Waals surface area contributed by atoms with E-state index in [9.17, 15) is 0 Å². The van der Waals surface area contributed by atoms with E-state index in [4.69, 9.17) is 5.73 Å². The van der Waals surface area contributed by atoms with E-state index in [1.54, 1.807) is 0 Å². The van der Waals surface area contributed by atoms with Crippen LogP contribution in [0.3, 0.4) is 0 Å².